The summed E-state index contributed by atoms with van der Waals surface area (Å²) in [4.78, 5) is 2.44. The minimum absolute atomic E-state index is 0.0653. The summed E-state index contributed by atoms with van der Waals surface area (Å²) in [5.74, 6) is 0. The molecule has 1 aliphatic heterocycles. The summed E-state index contributed by atoms with van der Waals surface area (Å²) >= 11 is 0. The standard InChI is InChI=1S/C19H26N2O3/c1-23-19-7-6-17(24-11-10-22)12-18(19)21(9-8-19)14-16-5-3-2-4-15(16)13-20/h2-5,17-18,22H,6-12,14H2,1H3/t17-,18+,19-/m1/s1. The van der Waals surface area contributed by atoms with E-state index in [4.69, 9.17) is 14.6 Å². The van der Waals surface area contributed by atoms with Crippen LogP contribution in [0.3, 0.4) is 0 Å². The van der Waals surface area contributed by atoms with E-state index in [1.807, 2.05) is 31.4 Å². The number of likely N-dealkylation sites (tertiary alicyclic amines) is 1. The molecule has 0 aromatic heterocycles. The van der Waals surface area contributed by atoms with Crippen molar-refractivity contribution in [2.24, 2.45) is 0 Å². The second kappa shape index (κ2) is 7.62. The second-order valence-corrected chi connectivity index (χ2v) is 6.76. The van der Waals surface area contributed by atoms with E-state index in [1.165, 1.54) is 0 Å². The Morgan fingerprint density at radius 1 is 1.38 bits per heavy atom. The van der Waals surface area contributed by atoms with Gasteiger partial charge in [-0.25, -0.2) is 0 Å². The zero-order valence-electron chi connectivity index (χ0n) is 14.3. The molecule has 2 fully saturated rings. The Morgan fingerprint density at radius 3 is 2.96 bits per heavy atom. The zero-order valence-corrected chi connectivity index (χ0v) is 14.3. The van der Waals surface area contributed by atoms with Crippen molar-refractivity contribution in [2.75, 3.05) is 26.9 Å². The molecule has 0 radical (unpaired) electrons. The number of nitriles is 1. The predicted octanol–water partition coefficient (Wildman–Crippen LogP) is 2.08. The van der Waals surface area contributed by atoms with Gasteiger partial charge in [0.05, 0.1) is 36.6 Å². The van der Waals surface area contributed by atoms with Gasteiger partial charge in [-0.15, -0.1) is 0 Å². The Labute approximate surface area is 143 Å². The average molecular weight is 330 g/mol. The normalized spacial score (nSPS) is 30.0. The van der Waals surface area contributed by atoms with E-state index in [0.717, 1.165) is 49.9 Å². The topological polar surface area (TPSA) is 65.7 Å². The number of fused-ring (bicyclic) bond motifs is 1. The lowest BCUT2D eigenvalue weighted by molar-refractivity contribution is -0.104. The molecule has 0 amide bonds. The molecular weight excluding hydrogens is 304 g/mol. The number of aliphatic hydroxyl groups excluding tert-OH is 1. The molecule has 1 aliphatic carbocycles. The second-order valence-electron chi connectivity index (χ2n) is 6.76. The number of aliphatic hydroxyl groups is 1. The first-order valence-corrected chi connectivity index (χ1v) is 8.72. The lowest BCUT2D eigenvalue weighted by Gasteiger charge is -2.43. The van der Waals surface area contributed by atoms with Gasteiger partial charge in [0.25, 0.3) is 0 Å². The van der Waals surface area contributed by atoms with Gasteiger partial charge in [-0.2, -0.15) is 5.26 Å². The molecule has 1 heterocycles. The molecule has 2 aliphatic rings. The first kappa shape index (κ1) is 17.4. The van der Waals surface area contributed by atoms with Crippen LogP contribution in [0.25, 0.3) is 0 Å². The highest BCUT2D eigenvalue weighted by molar-refractivity contribution is 5.37. The molecule has 1 saturated carbocycles. The Hall–Kier alpha value is -1.45. The summed E-state index contributed by atoms with van der Waals surface area (Å²) in [5, 5.41) is 18.3. The highest BCUT2D eigenvalue weighted by atomic mass is 16.5. The molecule has 1 aromatic carbocycles. The Balaban J connectivity index is 1.75. The molecule has 130 valence electrons. The maximum Gasteiger partial charge on any atom is 0.0995 e. The van der Waals surface area contributed by atoms with Crippen LogP contribution in [0.15, 0.2) is 24.3 Å². The fourth-order valence-corrected chi connectivity index (χ4v) is 4.30. The lowest BCUT2D eigenvalue weighted by Crippen LogP contribution is -2.51. The molecule has 1 N–H and O–H groups in total. The maximum absolute atomic E-state index is 9.32. The van der Waals surface area contributed by atoms with Gasteiger partial charge in [0.15, 0.2) is 0 Å². The van der Waals surface area contributed by atoms with Gasteiger partial charge in [-0.05, 0) is 37.3 Å². The van der Waals surface area contributed by atoms with Crippen LogP contribution in [0.1, 0.15) is 36.8 Å². The molecule has 0 unspecified atom stereocenters. The number of benzene rings is 1. The van der Waals surface area contributed by atoms with Crippen LogP contribution in [0.2, 0.25) is 0 Å². The monoisotopic (exact) mass is 330 g/mol. The quantitative estimate of drug-likeness (QED) is 0.865. The third-order valence-electron chi connectivity index (χ3n) is 5.61. The number of nitrogens with zero attached hydrogens (tertiary/aromatic N) is 2. The van der Waals surface area contributed by atoms with Crippen LogP contribution < -0.4 is 0 Å². The number of hydrogen-bond donors (Lipinski definition) is 1. The van der Waals surface area contributed by atoms with Crippen LogP contribution in [-0.2, 0) is 16.0 Å². The van der Waals surface area contributed by atoms with Crippen molar-refractivity contribution in [1.29, 1.82) is 5.26 Å². The lowest BCUT2D eigenvalue weighted by atomic mass is 9.79. The van der Waals surface area contributed by atoms with Crippen molar-refractivity contribution in [3.05, 3.63) is 35.4 Å². The summed E-state index contributed by atoms with van der Waals surface area (Å²) in [6, 6.07) is 10.4. The summed E-state index contributed by atoms with van der Waals surface area (Å²) in [5.41, 5.74) is 1.72. The largest absolute Gasteiger partial charge is 0.394 e. The molecule has 1 saturated heterocycles. The minimum atomic E-state index is -0.0966. The first-order chi connectivity index (χ1) is 11.7. The Bertz CT molecular complexity index is 601. The number of hydrogen-bond acceptors (Lipinski definition) is 5. The van der Waals surface area contributed by atoms with Crippen molar-refractivity contribution in [3.8, 4) is 6.07 Å². The summed E-state index contributed by atoms with van der Waals surface area (Å²) < 4.78 is 11.8. The third-order valence-corrected chi connectivity index (χ3v) is 5.61. The average Bonchev–Trinajstić information content (AvgIpc) is 2.99. The van der Waals surface area contributed by atoms with Gasteiger partial charge in [-0.1, -0.05) is 18.2 Å². The van der Waals surface area contributed by atoms with Crippen molar-refractivity contribution in [3.63, 3.8) is 0 Å². The summed E-state index contributed by atoms with van der Waals surface area (Å²) in [6.45, 7) is 2.21. The molecule has 1 aromatic rings. The molecular formula is C19H26N2O3. The van der Waals surface area contributed by atoms with E-state index in [1.54, 1.807) is 0 Å². The minimum Gasteiger partial charge on any atom is -0.394 e. The van der Waals surface area contributed by atoms with Gasteiger partial charge in [0.1, 0.15) is 0 Å². The molecule has 3 atom stereocenters. The van der Waals surface area contributed by atoms with Crippen LogP contribution in [0.5, 0.6) is 0 Å². The van der Waals surface area contributed by atoms with Crippen LogP contribution >= 0.6 is 0 Å². The highest BCUT2D eigenvalue weighted by Crippen LogP contribution is 2.43. The van der Waals surface area contributed by atoms with Gasteiger partial charge in [-0.3, -0.25) is 4.90 Å². The van der Waals surface area contributed by atoms with E-state index in [0.29, 0.717) is 12.6 Å². The molecule has 0 bridgehead atoms. The number of methoxy groups -OCH3 is 1. The fraction of sp³-hybridized carbons (Fsp3) is 0.632. The Kier molecular flexibility index (Phi) is 5.52. The number of rotatable bonds is 6. The third kappa shape index (κ3) is 3.33. The Morgan fingerprint density at radius 2 is 2.21 bits per heavy atom. The highest BCUT2D eigenvalue weighted by Gasteiger charge is 2.51. The van der Waals surface area contributed by atoms with Crippen molar-refractivity contribution in [1.82, 2.24) is 4.90 Å². The van der Waals surface area contributed by atoms with E-state index in [2.05, 4.69) is 11.0 Å². The molecule has 0 spiro atoms. The summed E-state index contributed by atoms with van der Waals surface area (Å²) in [6.07, 6.45) is 4.09. The van der Waals surface area contributed by atoms with E-state index in [-0.39, 0.29) is 18.3 Å². The van der Waals surface area contributed by atoms with Crippen molar-refractivity contribution < 1.29 is 14.6 Å². The zero-order chi connectivity index (χ0) is 17.0. The van der Waals surface area contributed by atoms with E-state index in [9.17, 15) is 5.26 Å². The smallest absolute Gasteiger partial charge is 0.0995 e. The molecule has 3 rings (SSSR count). The van der Waals surface area contributed by atoms with Gasteiger partial charge >= 0.3 is 0 Å². The van der Waals surface area contributed by atoms with Gasteiger partial charge in [0, 0.05) is 26.2 Å². The van der Waals surface area contributed by atoms with Crippen LogP contribution in [-0.4, -0.2) is 54.6 Å². The van der Waals surface area contributed by atoms with E-state index >= 15 is 0 Å². The maximum atomic E-state index is 9.32. The predicted molar refractivity (Wildman–Crippen MR) is 90.4 cm³/mol. The summed E-state index contributed by atoms with van der Waals surface area (Å²) in [7, 11) is 1.81. The van der Waals surface area contributed by atoms with Crippen molar-refractivity contribution >= 4 is 0 Å². The van der Waals surface area contributed by atoms with E-state index < -0.39 is 0 Å². The van der Waals surface area contributed by atoms with Crippen LogP contribution in [0, 0.1) is 11.3 Å². The molecule has 5 heteroatoms. The molecule has 24 heavy (non-hydrogen) atoms. The van der Waals surface area contributed by atoms with Gasteiger partial charge in [0.2, 0.25) is 0 Å². The SMILES string of the molecule is CO[C@@]12CC[C@@H](OCCO)C[C@@H]1N(Cc1ccccc1C#N)CC2. The van der Waals surface area contributed by atoms with Gasteiger partial charge < -0.3 is 14.6 Å². The molecule has 5 nitrogen and oxygen atoms in total. The van der Waals surface area contributed by atoms with Crippen molar-refractivity contribution in [2.45, 2.75) is 50.0 Å². The fourth-order valence-electron chi connectivity index (χ4n) is 4.30. The number of ether oxygens (including phenoxy) is 2. The first-order valence-electron chi connectivity index (χ1n) is 8.72. The van der Waals surface area contributed by atoms with Crippen LogP contribution in [0.4, 0.5) is 0 Å².